The number of urea groups is 1. The molecule has 2 amide bonds. The number of nitrogens with zero attached hydrogens (tertiary/aromatic N) is 3. The van der Waals surface area contributed by atoms with Gasteiger partial charge in [0.25, 0.3) is 0 Å². The van der Waals surface area contributed by atoms with Crippen LogP contribution in [0.5, 0.6) is 0 Å². The van der Waals surface area contributed by atoms with Gasteiger partial charge in [0.15, 0.2) is 0 Å². The summed E-state index contributed by atoms with van der Waals surface area (Å²) in [7, 11) is 1.58. The zero-order valence-electron chi connectivity index (χ0n) is 14.5. The van der Waals surface area contributed by atoms with Crippen LogP contribution in [0.4, 0.5) is 13.6 Å². The molecule has 2 aromatic rings. The number of nitrogens with one attached hydrogen (secondary N) is 1. The van der Waals surface area contributed by atoms with E-state index in [1.165, 1.54) is 22.9 Å². The normalized spacial score (nSPS) is 18.2. The van der Waals surface area contributed by atoms with Crippen molar-refractivity contribution < 1.29 is 13.6 Å². The molecule has 1 N–H and O–H groups in total. The number of alkyl halides is 2. The van der Waals surface area contributed by atoms with Crippen LogP contribution in [0, 0.1) is 0 Å². The third-order valence-corrected chi connectivity index (χ3v) is 4.76. The topological polar surface area (TPSA) is 50.2 Å². The summed E-state index contributed by atoms with van der Waals surface area (Å²) in [5.74, 6) is 0.153. The highest BCUT2D eigenvalue weighted by atomic mass is 19.3. The Morgan fingerprint density at radius 2 is 2.16 bits per heavy atom. The number of imidazole rings is 1. The molecule has 0 spiro atoms. The Morgan fingerprint density at radius 1 is 1.44 bits per heavy atom. The van der Waals surface area contributed by atoms with Gasteiger partial charge in [-0.05, 0) is 23.0 Å². The lowest BCUT2D eigenvalue weighted by Gasteiger charge is -2.23. The first kappa shape index (κ1) is 17.4. The third-order valence-electron chi connectivity index (χ3n) is 4.76. The first-order valence-corrected chi connectivity index (χ1v) is 8.20. The number of benzene rings is 1. The predicted molar refractivity (Wildman–Crippen MR) is 90.3 cm³/mol. The molecule has 0 radical (unpaired) electrons. The lowest BCUT2D eigenvalue weighted by atomic mass is 9.86. The smallest absolute Gasteiger partial charge is 0.319 e. The van der Waals surface area contributed by atoms with Crippen molar-refractivity contribution in [2.24, 2.45) is 0 Å². The van der Waals surface area contributed by atoms with E-state index in [-0.39, 0.29) is 29.9 Å². The van der Waals surface area contributed by atoms with Crippen molar-refractivity contribution in [3.05, 3.63) is 53.6 Å². The van der Waals surface area contributed by atoms with Gasteiger partial charge in [-0.3, -0.25) is 4.57 Å². The van der Waals surface area contributed by atoms with Crippen molar-refractivity contribution in [2.75, 3.05) is 7.05 Å². The largest absolute Gasteiger partial charge is 0.331 e. The van der Waals surface area contributed by atoms with Gasteiger partial charge in [0.2, 0.25) is 0 Å². The highest BCUT2D eigenvalue weighted by Gasteiger charge is 2.37. The van der Waals surface area contributed by atoms with E-state index in [9.17, 15) is 13.6 Å². The quantitative estimate of drug-likeness (QED) is 0.913. The van der Waals surface area contributed by atoms with Crippen LogP contribution in [0.3, 0.4) is 0 Å². The molecule has 0 fully saturated rings. The van der Waals surface area contributed by atoms with Crippen LogP contribution < -0.4 is 5.32 Å². The molecule has 134 valence electrons. The van der Waals surface area contributed by atoms with Gasteiger partial charge in [-0.1, -0.05) is 38.1 Å². The van der Waals surface area contributed by atoms with E-state index >= 15 is 0 Å². The maximum absolute atomic E-state index is 12.9. The van der Waals surface area contributed by atoms with E-state index < -0.39 is 6.55 Å². The average Bonchev–Trinajstić information content (AvgIpc) is 3.11. The minimum absolute atomic E-state index is 0.0148. The summed E-state index contributed by atoms with van der Waals surface area (Å²) < 4.78 is 26.6. The molecular formula is C18H22F2N4O. The molecule has 5 nitrogen and oxygen atoms in total. The molecule has 1 atom stereocenters. The van der Waals surface area contributed by atoms with Crippen LogP contribution >= 0.6 is 0 Å². The molecule has 1 aliphatic rings. The number of rotatable bonds is 4. The van der Waals surface area contributed by atoms with Crippen LogP contribution in [0.2, 0.25) is 0 Å². The van der Waals surface area contributed by atoms with Gasteiger partial charge < -0.3 is 10.2 Å². The molecule has 0 saturated heterocycles. The fraction of sp³-hybridized carbons (Fsp3) is 0.444. The van der Waals surface area contributed by atoms with Crippen molar-refractivity contribution in [3.8, 4) is 0 Å². The van der Waals surface area contributed by atoms with Crippen LogP contribution in [0.25, 0.3) is 0 Å². The summed E-state index contributed by atoms with van der Waals surface area (Å²) in [4.78, 5) is 17.8. The molecule has 1 aromatic heterocycles. The molecule has 1 aromatic carbocycles. The number of halogens is 2. The maximum atomic E-state index is 12.9. The van der Waals surface area contributed by atoms with Crippen molar-refractivity contribution in [1.82, 2.24) is 19.8 Å². The molecule has 7 heteroatoms. The van der Waals surface area contributed by atoms with Gasteiger partial charge in [0.05, 0.1) is 12.6 Å². The molecule has 25 heavy (non-hydrogen) atoms. The van der Waals surface area contributed by atoms with E-state index in [1.807, 2.05) is 18.2 Å². The van der Waals surface area contributed by atoms with E-state index in [2.05, 4.69) is 30.2 Å². The Labute approximate surface area is 145 Å². The maximum Gasteiger partial charge on any atom is 0.319 e. The van der Waals surface area contributed by atoms with Gasteiger partial charge in [0, 0.05) is 19.4 Å². The molecule has 1 unspecified atom stereocenters. The number of fused-ring (bicyclic) bond motifs is 1. The highest BCUT2D eigenvalue weighted by molar-refractivity contribution is 5.74. The Balaban J connectivity index is 1.69. The van der Waals surface area contributed by atoms with Crippen LogP contribution in [0.1, 0.15) is 49.8 Å². The second-order valence-electron chi connectivity index (χ2n) is 7.06. The lowest BCUT2D eigenvalue weighted by Crippen LogP contribution is -2.39. The Bertz CT molecular complexity index is 772. The first-order valence-electron chi connectivity index (χ1n) is 8.20. The van der Waals surface area contributed by atoms with Crippen LogP contribution in [-0.2, 0) is 12.0 Å². The van der Waals surface area contributed by atoms with Crippen molar-refractivity contribution in [3.63, 3.8) is 0 Å². The van der Waals surface area contributed by atoms with Gasteiger partial charge >= 0.3 is 12.6 Å². The average molecular weight is 348 g/mol. The van der Waals surface area contributed by atoms with E-state index in [4.69, 9.17) is 0 Å². The van der Waals surface area contributed by atoms with E-state index in [0.29, 0.717) is 0 Å². The Kier molecular flexibility index (Phi) is 4.49. The van der Waals surface area contributed by atoms with Crippen molar-refractivity contribution >= 4 is 6.03 Å². The summed E-state index contributed by atoms with van der Waals surface area (Å²) in [5, 5.41) is 3.01. The third kappa shape index (κ3) is 3.36. The molecule has 0 aliphatic heterocycles. The lowest BCUT2D eigenvalue weighted by molar-refractivity contribution is 0.0650. The van der Waals surface area contributed by atoms with Crippen molar-refractivity contribution in [2.45, 2.75) is 44.8 Å². The van der Waals surface area contributed by atoms with E-state index in [0.717, 1.165) is 16.6 Å². The summed E-state index contributed by atoms with van der Waals surface area (Å²) in [5.41, 5.74) is 2.33. The van der Waals surface area contributed by atoms with Gasteiger partial charge in [-0.25, -0.2) is 9.78 Å². The molecule has 1 aliphatic carbocycles. The molecule has 1 heterocycles. The zero-order valence-corrected chi connectivity index (χ0v) is 14.5. The summed E-state index contributed by atoms with van der Waals surface area (Å²) >= 11 is 0. The van der Waals surface area contributed by atoms with Crippen LogP contribution in [0.15, 0.2) is 36.7 Å². The Hall–Kier alpha value is -2.44. The molecule has 0 saturated carbocycles. The minimum Gasteiger partial charge on any atom is -0.331 e. The van der Waals surface area contributed by atoms with Gasteiger partial charge in [0.1, 0.15) is 5.82 Å². The summed E-state index contributed by atoms with van der Waals surface area (Å²) in [6.45, 7) is 1.65. The van der Waals surface area contributed by atoms with Crippen LogP contribution in [-0.4, -0.2) is 27.5 Å². The number of aromatic nitrogens is 2. The monoisotopic (exact) mass is 348 g/mol. The fourth-order valence-electron chi connectivity index (χ4n) is 3.46. The fourth-order valence-corrected chi connectivity index (χ4v) is 3.46. The van der Waals surface area contributed by atoms with E-state index in [1.54, 1.807) is 7.05 Å². The highest BCUT2D eigenvalue weighted by Crippen LogP contribution is 2.44. The van der Waals surface area contributed by atoms with Gasteiger partial charge in [-0.2, -0.15) is 8.78 Å². The van der Waals surface area contributed by atoms with Crippen molar-refractivity contribution in [1.29, 1.82) is 0 Å². The number of carbonyl (C=O) groups excluding carboxylic acids is 1. The van der Waals surface area contributed by atoms with Gasteiger partial charge in [-0.15, -0.1) is 0 Å². The minimum atomic E-state index is -2.67. The zero-order chi connectivity index (χ0) is 18.2. The SMILES string of the molecule is CN(Cc1nccn1C(F)F)C(=O)NC1CC(C)(C)c2ccccc21. The summed E-state index contributed by atoms with van der Waals surface area (Å²) in [6, 6.07) is 7.68. The standard InChI is InChI=1S/C18H22F2N4O/c1-18(2)10-14(12-6-4-5-7-13(12)18)22-17(25)23(3)11-15-21-8-9-24(15)16(19)20/h4-9,14,16H,10-11H2,1-3H3,(H,22,25). The number of hydrogen-bond donors (Lipinski definition) is 1. The second kappa shape index (κ2) is 6.46. The number of carbonyl (C=O) groups is 1. The Morgan fingerprint density at radius 3 is 2.88 bits per heavy atom. The molecule has 0 bridgehead atoms. The predicted octanol–water partition coefficient (Wildman–Crippen LogP) is 3.84. The number of hydrogen-bond acceptors (Lipinski definition) is 2. The summed E-state index contributed by atoms with van der Waals surface area (Å²) in [6.07, 6.45) is 3.32. The first-order chi connectivity index (χ1) is 11.8. The molecular weight excluding hydrogens is 326 g/mol. The molecule has 3 rings (SSSR count). The second-order valence-corrected chi connectivity index (χ2v) is 7.06. The number of amides is 2.